The number of aromatic nitrogens is 2. The zero-order valence-electron chi connectivity index (χ0n) is 10.9. The Hall–Kier alpha value is -1.36. The van der Waals surface area contributed by atoms with Gasteiger partial charge >= 0.3 is 0 Å². The molecule has 1 aromatic heterocycles. The van der Waals surface area contributed by atoms with Crippen LogP contribution in [0.5, 0.6) is 0 Å². The zero-order valence-corrected chi connectivity index (χ0v) is 10.9. The first-order valence-electron chi connectivity index (χ1n) is 6.74. The van der Waals surface area contributed by atoms with E-state index in [0.717, 1.165) is 38.9 Å². The fourth-order valence-corrected chi connectivity index (χ4v) is 2.35. The molecular weight excluding hydrogens is 228 g/mol. The van der Waals surface area contributed by atoms with E-state index in [2.05, 4.69) is 27.1 Å². The van der Waals surface area contributed by atoms with Crippen LogP contribution >= 0.6 is 0 Å². The second-order valence-corrected chi connectivity index (χ2v) is 5.00. The quantitative estimate of drug-likeness (QED) is 0.733. The van der Waals surface area contributed by atoms with E-state index in [1.54, 1.807) is 6.20 Å². The first kappa shape index (κ1) is 13.1. The van der Waals surface area contributed by atoms with E-state index in [4.69, 9.17) is 0 Å². The van der Waals surface area contributed by atoms with Crippen LogP contribution in [0, 0.1) is 5.92 Å². The number of hydrogen-bond donors (Lipinski definition) is 2. The largest absolute Gasteiger partial charge is 0.355 e. The van der Waals surface area contributed by atoms with Crippen LogP contribution in [0.25, 0.3) is 0 Å². The van der Waals surface area contributed by atoms with Gasteiger partial charge < -0.3 is 15.2 Å². The van der Waals surface area contributed by atoms with E-state index in [1.165, 1.54) is 0 Å². The van der Waals surface area contributed by atoms with Crippen molar-refractivity contribution in [1.82, 2.24) is 20.2 Å². The molecule has 0 saturated carbocycles. The van der Waals surface area contributed by atoms with Gasteiger partial charge in [-0.3, -0.25) is 4.79 Å². The summed E-state index contributed by atoms with van der Waals surface area (Å²) in [6, 6.07) is 0.0126. The fourth-order valence-electron chi connectivity index (χ4n) is 2.35. The standard InChI is InChI=1S/C13H22N4O/c1-11-4-6-15-12(11)13(18)16-5-2-3-8-17-9-7-14-10-17/h7,9-12,15H,2-6,8H2,1H3,(H,16,18). The molecule has 2 atom stereocenters. The molecule has 1 amide bonds. The van der Waals surface area contributed by atoms with Gasteiger partial charge in [-0.05, 0) is 31.7 Å². The van der Waals surface area contributed by atoms with Crippen LogP contribution in [0.15, 0.2) is 18.7 Å². The number of aryl methyl sites for hydroxylation is 1. The summed E-state index contributed by atoms with van der Waals surface area (Å²) < 4.78 is 2.06. The summed E-state index contributed by atoms with van der Waals surface area (Å²) in [6.07, 6.45) is 8.73. The van der Waals surface area contributed by atoms with Crippen LogP contribution in [0.2, 0.25) is 0 Å². The molecule has 18 heavy (non-hydrogen) atoms. The lowest BCUT2D eigenvalue weighted by atomic mass is 10.0. The van der Waals surface area contributed by atoms with Gasteiger partial charge in [0.15, 0.2) is 0 Å². The highest BCUT2D eigenvalue weighted by Crippen LogP contribution is 2.14. The van der Waals surface area contributed by atoms with Gasteiger partial charge in [0.1, 0.15) is 0 Å². The molecule has 1 aliphatic heterocycles. The van der Waals surface area contributed by atoms with Crippen LogP contribution in [0.4, 0.5) is 0 Å². The smallest absolute Gasteiger partial charge is 0.237 e. The Balaban J connectivity index is 1.56. The predicted molar refractivity (Wildman–Crippen MR) is 70.0 cm³/mol. The Kier molecular flexibility index (Phi) is 4.75. The molecule has 2 heterocycles. The summed E-state index contributed by atoms with van der Waals surface area (Å²) in [6.45, 7) is 4.82. The molecule has 5 heteroatoms. The Bertz CT molecular complexity index is 363. The third-order valence-electron chi connectivity index (χ3n) is 3.52. The minimum Gasteiger partial charge on any atom is -0.355 e. The highest BCUT2D eigenvalue weighted by Gasteiger charge is 2.28. The lowest BCUT2D eigenvalue weighted by Gasteiger charge is -2.15. The third-order valence-corrected chi connectivity index (χ3v) is 3.52. The molecule has 1 saturated heterocycles. The maximum absolute atomic E-state index is 11.9. The molecule has 5 nitrogen and oxygen atoms in total. The van der Waals surface area contributed by atoms with Gasteiger partial charge in [0, 0.05) is 25.5 Å². The fraction of sp³-hybridized carbons (Fsp3) is 0.692. The van der Waals surface area contributed by atoms with Crippen LogP contribution in [-0.4, -0.2) is 34.6 Å². The first-order chi connectivity index (χ1) is 8.77. The summed E-state index contributed by atoms with van der Waals surface area (Å²) in [5.41, 5.74) is 0. The average Bonchev–Trinajstić information content (AvgIpc) is 2.99. The van der Waals surface area contributed by atoms with Gasteiger partial charge in [-0.25, -0.2) is 4.98 Å². The summed E-state index contributed by atoms with van der Waals surface area (Å²) >= 11 is 0. The minimum absolute atomic E-state index is 0.0126. The van der Waals surface area contributed by atoms with Crippen molar-refractivity contribution in [2.75, 3.05) is 13.1 Å². The van der Waals surface area contributed by atoms with Crippen molar-refractivity contribution >= 4 is 5.91 Å². The topological polar surface area (TPSA) is 59.0 Å². The van der Waals surface area contributed by atoms with E-state index in [0.29, 0.717) is 5.92 Å². The van der Waals surface area contributed by atoms with E-state index >= 15 is 0 Å². The lowest BCUT2D eigenvalue weighted by molar-refractivity contribution is -0.123. The molecule has 2 N–H and O–H groups in total. The average molecular weight is 250 g/mol. The highest BCUT2D eigenvalue weighted by atomic mass is 16.2. The molecule has 1 fully saturated rings. The second kappa shape index (κ2) is 6.54. The van der Waals surface area contributed by atoms with Gasteiger partial charge in [-0.1, -0.05) is 6.92 Å². The number of imidazole rings is 1. The monoisotopic (exact) mass is 250 g/mol. The molecule has 0 aromatic carbocycles. The molecule has 2 unspecified atom stereocenters. The van der Waals surface area contributed by atoms with Gasteiger partial charge in [0.2, 0.25) is 5.91 Å². The van der Waals surface area contributed by atoms with Crippen molar-refractivity contribution < 1.29 is 4.79 Å². The molecule has 0 spiro atoms. The Labute approximate surface area is 108 Å². The van der Waals surface area contributed by atoms with Crippen molar-refractivity contribution in [3.63, 3.8) is 0 Å². The number of unbranched alkanes of at least 4 members (excludes halogenated alkanes) is 1. The van der Waals surface area contributed by atoms with Crippen LogP contribution in [-0.2, 0) is 11.3 Å². The Morgan fingerprint density at radius 1 is 1.56 bits per heavy atom. The molecule has 0 bridgehead atoms. The summed E-state index contributed by atoms with van der Waals surface area (Å²) in [7, 11) is 0. The first-order valence-corrected chi connectivity index (χ1v) is 6.74. The van der Waals surface area contributed by atoms with Crippen LogP contribution < -0.4 is 10.6 Å². The molecule has 0 aliphatic carbocycles. The summed E-state index contributed by atoms with van der Waals surface area (Å²) in [5.74, 6) is 0.610. The summed E-state index contributed by atoms with van der Waals surface area (Å²) in [5, 5.41) is 6.25. The van der Waals surface area contributed by atoms with Crippen molar-refractivity contribution in [3.8, 4) is 0 Å². The number of carbonyl (C=O) groups excluding carboxylic acids is 1. The van der Waals surface area contributed by atoms with E-state index in [-0.39, 0.29) is 11.9 Å². The van der Waals surface area contributed by atoms with E-state index in [1.807, 2.05) is 12.5 Å². The SMILES string of the molecule is CC1CCNC1C(=O)NCCCCn1ccnc1. The van der Waals surface area contributed by atoms with E-state index < -0.39 is 0 Å². The number of rotatable bonds is 6. The van der Waals surface area contributed by atoms with Crippen molar-refractivity contribution in [1.29, 1.82) is 0 Å². The Morgan fingerprint density at radius 2 is 2.44 bits per heavy atom. The predicted octanol–water partition coefficient (Wildman–Crippen LogP) is 0.777. The number of hydrogen-bond acceptors (Lipinski definition) is 3. The number of nitrogens with zero attached hydrogens (tertiary/aromatic N) is 2. The van der Waals surface area contributed by atoms with Crippen molar-refractivity contribution in [2.45, 2.75) is 38.8 Å². The van der Waals surface area contributed by atoms with Crippen LogP contribution in [0.3, 0.4) is 0 Å². The lowest BCUT2D eigenvalue weighted by Crippen LogP contribution is -2.43. The normalized spacial score (nSPS) is 23.2. The number of amides is 1. The van der Waals surface area contributed by atoms with Crippen LogP contribution in [0.1, 0.15) is 26.2 Å². The van der Waals surface area contributed by atoms with Gasteiger partial charge in [-0.15, -0.1) is 0 Å². The highest BCUT2D eigenvalue weighted by molar-refractivity contribution is 5.82. The maximum Gasteiger partial charge on any atom is 0.237 e. The van der Waals surface area contributed by atoms with E-state index in [9.17, 15) is 4.79 Å². The second-order valence-electron chi connectivity index (χ2n) is 5.00. The number of carbonyl (C=O) groups is 1. The van der Waals surface area contributed by atoms with Crippen molar-refractivity contribution in [3.05, 3.63) is 18.7 Å². The third kappa shape index (κ3) is 3.57. The van der Waals surface area contributed by atoms with Gasteiger partial charge in [0.05, 0.1) is 12.4 Å². The zero-order chi connectivity index (χ0) is 12.8. The number of nitrogens with one attached hydrogen (secondary N) is 2. The van der Waals surface area contributed by atoms with Gasteiger partial charge in [-0.2, -0.15) is 0 Å². The Morgan fingerprint density at radius 3 is 3.11 bits per heavy atom. The maximum atomic E-state index is 11.9. The van der Waals surface area contributed by atoms with Gasteiger partial charge in [0.25, 0.3) is 0 Å². The van der Waals surface area contributed by atoms with Crippen molar-refractivity contribution in [2.24, 2.45) is 5.92 Å². The molecular formula is C13H22N4O. The molecule has 2 rings (SSSR count). The summed E-state index contributed by atoms with van der Waals surface area (Å²) in [4.78, 5) is 15.9. The minimum atomic E-state index is 0.0126. The molecule has 1 aliphatic rings. The molecule has 1 aromatic rings. The molecule has 0 radical (unpaired) electrons. The molecule has 100 valence electrons.